The highest BCUT2D eigenvalue weighted by Gasteiger charge is 2.11. The molecule has 6 heteroatoms. The van der Waals surface area contributed by atoms with E-state index in [9.17, 15) is 14.7 Å². The normalized spacial score (nSPS) is 10.0. The van der Waals surface area contributed by atoms with E-state index in [1.54, 1.807) is 6.07 Å². The third-order valence-corrected chi connectivity index (χ3v) is 3.02. The zero-order valence-electron chi connectivity index (χ0n) is 12.3. The van der Waals surface area contributed by atoms with Gasteiger partial charge in [-0.3, -0.25) is 9.59 Å². The van der Waals surface area contributed by atoms with Crippen molar-refractivity contribution in [3.05, 3.63) is 23.8 Å². The smallest absolute Gasteiger partial charge is 0.305 e. The minimum Gasteiger partial charge on any atom is -0.507 e. The van der Waals surface area contributed by atoms with Gasteiger partial charge in [0.1, 0.15) is 11.5 Å². The Balaban J connectivity index is 2.29. The van der Waals surface area contributed by atoms with Gasteiger partial charge in [0, 0.05) is 19.0 Å². The maximum Gasteiger partial charge on any atom is 0.305 e. The molecular weight excluding hydrogens is 274 g/mol. The zero-order chi connectivity index (χ0) is 15.7. The number of carbonyl (C=O) groups is 2. The number of phenols is 1. The standard InChI is InChI=1S/C15H21NO5/c1-20-11-7-8-12(13(17)10-11)15(19)16-9-5-3-4-6-14(18)21-2/h7-8,10,17H,3-6,9H2,1-2H3,(H,16,19). The quantitative estimate of drug-likeness (QED) is 0.565. The van der Waals surface area contributed by atoms with Gasteiger partial charge in [-0.05, 0) is 25.0 Å². The molecule has 1 rings (SSSR count). The van der Waals surface area contributed by atoms with Crippen molar-refractivity contribution in [3.8, 4) is 11.5 Å². The Kier molecular flexibility index (Phi) is 7.08. The maximum absolute atomic E-state index is 11.9. The van der Waals surface area contributed by atoms with Crippen LogP contribution in [0.1, 0.15) is 36.0 Å². The van der Waals surface area contributed by atoms with Crippen LogP contribution in [0.2, 0.25) is 0 Å². The molecule has 0 bridgehead atoms. The Labute approximate surface area is 124 Å². The predicted molar refractivity (Wildman–Crippen MR) is 77.5 cm³/mol. The van der Waals surface area contributed by atoms with Crippen molar-refractivity contribution in [2.45, 2.75) is 25.7 Å². The van der Waals surface area contributed by atoms with Crippen molar-refractivity contribution in [3.63, 3.8) is 0 Å². The number of unbranched alkanes of at least 4 members (excludes halogenated alkanes) is 2. The van der Waals surface area contributed by atoms with Gasteiger partial charge >= 0.3 is 5.97 Å². The number of rotatable bonds is 8. The second-order valence-electron chi connectivity index (χ2n) is 4.53. The van der Waals surface area contributed by atoms with Gasteiger partial charge in [0.25, 0.3) is 5.91 Å². The minimum absolute atomic E-state index is 0.113. The first-order valence-corrected chi connectivity index (χ1v) is 6.80. The maximum atomic E-state index is 11.9. The summed E-state index contributed by atoms with van der Waals surface area (Å²) in [6, 6.07) is 4.52. The second-order valence-corrected chi connectivity index (χ2v) is 4.53. The van der Waals surface area contributed by atoms with Crippen LogP contribution in [0.5, 0.6) is 11.5 Å². The number of hydrogen-bond donors (Lipinski definition) is 2. The molecule has 0 spiro atoms. The van der Waals surface area contributed by atoms with Gasteiger partial charge < -0.3 is 19.9 Å². The third kappa shape index (κ3) is 5.72. The average Bonchev–Trinajstić information content (AvgIpc) is 2.49. The number of methoxy groups -OCH3 is 2. The summed E-state index contributed by atoms with van der Waals surface area (Å²) < 4.78 is 9.49. The van der Waals surface area contributed by atoms with Crippen LogP contribution < -0.4 is 10.1 Å². The number of amides is 1. The topological polar surface area (TPSA) is 84.9 Å². The molecule has 0 fully saturated rings. The van der Waals surface area contributed by atoms with Crippen LogP contribution in [-0.4, -0.2) is 37.7 Å². The molecule has 2 N–H and O–H groups in total. The van der Waals surface area contributed by atoms with Gasteiger partial charge in [-0.1, -0.05) is 6.42 Å². The highest BCUT2D eigenvalue weighted by atomic mass is 16.5. The molecule has 1 amide bonds. The summed E-state index contributed by atoms with van der Waals surface area (Å²) in [7, 11) is 2.85. The zero-order valence-corrected chi connectivity index (χ0v) is 12.3. The van der Waals surface area contributed by atoms with Crippen LogP contribution in [-0.2, 0) is 9.53 Å². The SMILES string of the molecule is COC(=O)CCCCCNC(=O)c1ccc(OC)cc1O. The molecule has 1 aromatic rings. The monoisotopic (exact) mass is 295 g/mol. The number of carbonyl (C=O) groups excluding carboxylic acids is 2. The van der Waals surface area contributed by atoms with Gasteiger partial charge in [0.2, 0.25) is 0 Å². The molecular formula is C15H21NO5. The molecule has 0 saturated heterocycles. The number of nitrogens with one attached hydrogen (secondary N) is 1. The van der Waals surface area contributed by atoms with E-state index in [1.165, 1.54) is 26.4 Å². The molecule has 0 aliphatic heterocycles. The molecule has 0 unspecified atom stereocenters. The van der Waals surface area contributed by atoms with E-state index < -0.39 is 0 Å². The molecule has 0 atom stereocenters. The minimum atomic E-state index is -0.330. The first-order valence-electron chi connectivity index (χ1n) is 6.80. The van der Waals surface area contributed by atoms with Crippen molar-refractivity contribution in [1.82, 2.24) is 5.32 Å². The highest BCUT2D eigenvalue weighted by molar-refractivity contribution is 5.96. The fourth-order valence-corrected chi connectivity index (χ4v) is 1.80. The number of phenolic OH excluding ortho intramolecular Hbond substituents is 1. The summed E-state index contributed by atoms with van der Waals surface area (Å²) in [5.74, 6) is -0.172. The van der Waals surface area contributed by atoms with E-state index in [0.29, 0.717) is 18.7 Å². The first kappa shape index (κ1) is 16.8. The lowest BCUT2D eigenvalue weighted by Crippen LogP contribution is -2.24. The Morgan fingerprint density at radius 2 is 1.95 bits per heavy atom. The van der Waals surface area contributed by atoms with Crippen LogP contribution in [0.15, 0.2) is 18.2 Å². The van der Waals surface area contributed by atoms with Crippen LogP contribution in [0.25, 0.3) is 0 Å². The van der Waals surface area contributed by atoms with Crippen molar-refractivity contribution in [1.29, 1.82) is 0 Å². The van der Waals surface area contributed by atoms with E-state index in [4.69, 9.17) is 4.74 Å². The summed E-state index contributed by atoms with van der Waals surface area (Å²) in [5, 5.41) is 12.5. The van der Waals surface area contributed by atoms with Crippen molar-refractivity contribution in [2.75, 3.05) is 20.8 Å². The Bertz CT molecular complexity index is 487. The van der Waals surface area contributed by atoms with Crippen LogP contribution in [0.4, 0.5) is 0 Å². The fraction of sp³-hybridized carbons (Fsp3) is 0.467. The summed E-state index contributed by atoms with van der Waals surface area (Å²) in [4.78, 5) is 22.8. The number of ether oxygens (including phenoxy) is 2. The molecule has 6 nitrogen and oxygen atoms in total. The molecule has 1 aromatic carbocycles. The largest absolute Gasteiger partial charge is 0.507 e. The second kappa shape index (κ2) is 8.84. The molecule has 21 heavy (non-hydrogen) atoms. The number of esters is 1. The summed E-state index contributed by atoms with van der Waals surface area (Å²) in [5.41, 5.74) is 0.213. The molecule has 0 aliphatic carbocycles. The number of hydrogen-bond acceptors (Lipinski definition) is 5. The molecule has 0 aliphatic rings. The molecule has 0 saturated carbocycles. The number of aromatic hydroxyl groups is 1. The van der Waals surface area contributed by atoms with E-state index >= 15 is 0 Å². The van der Waals surface area contributed by atoms with E-state index in [0.717, 1.165) is 19.3 Å². The summed E-state index contributed by atoms with van der Waals surface area (Å²) in [6.45, 7) is 0.492. The molecule has 0 radical (unpaired) electrons. The van der Waals surface area contributed by atoms with Crippen LogP contribution in [0, 0.1) is 0 Å². The summed E-state index contributed by atoms with van der Waals surface area (Å²) >= 11 is 0. The van der Waals surface area contributed by atoms with Gasteiger partial charge in [-0.25, -0.2) is 0 Å². The lowest BCUT2D eigenvalue weighted by atomic mass is 10.1. The molecule has 116 valence electrons. The van der Waals surface area contributed by atoms with Crippen LogP contribution in [0.3, 0.4) is 0 Å². The highest BCUT2D eigenvalue weighted by Crippen LogP contribution is 2.23. The third-order valence-electron chi connectivity index (χ3n) is 3.02. The van der Waals surface area contributed by atoms with E-state index in [1.807, 2.05) is 0 Å². The lowest BCUT2D eigenvalue weighted by molar-refractivity contribution is -0.140. The fourth-order valence-electron chi connectivity index (χ4n) is 1.80. The summed E-state index contributed by atoms with van der Waals surface area (Å²) in [6.07, 6.45) is 2.71. The molecule has 0 heterocycles. The first-order chi connectivity index (χ1) is 10.1. The van der Waals surface area contributed by atoms with Crippen molar-refractivity contribution < 1.29 is 24.2 Å². The Morgan fingerprint density at radius 3 is 2.57 bits per heavy atom. The van der Waals surface area contributed by atoms with Crippen molar-refractivity contribution in [2.24, 2.45) is 0 Å². The average molecular weight is 295 g/mol. The van der Waals surface area contributed by atoms with Gasteiger partial charge in [0.15, 0.2) is 0 Å². The van der Waals surface area contributed by atoms with Gasteiger partial charge in [-0.2, -0.15) is 0 Å². The van der Waals surface area contributed by atoms with E-state index in [-0.39, 0.29) is 23.2 Å². The Morgan fingerprint density at radius 1 is 1.19 bits per heavy atom. The van der Waals surface area contributed by atoms with Gasteiger partial charge in [0.05, 0.1) is 19.8 Å². The number of benzene rings is 1. The predicted octanol–water partition coefficient (Wildman–Crippen LogP) is 1.86. The molecule has 0 aromatic heterocycles. The van der Waals surface area contributed by atoms with Crippen molar-refractivity contribution >= 4 is 11.9 Å². The van der Waals surface area contributed by atoms with Gasteiger partial charge in [-0.15, -0.1) is 0 Å². The Hall–Kier alpha value is -2.24. The van der Waals surface area contributed by atoms with Crippen LogP contribution >= 0.6 is 0 Å². The lowest BCUT2D eigenvalue weighted by Gasteiger charge is -2.08. The van der Waals surface area contributed by atoms with E-state index in [2.05, 4.69) is 10.1 Å².